The summed E-state index contributed by atoms with van der Waals surface area (Å²) in [7, 11) is 0. The molecule has 0 unspecified atom stereocenters. The number of nitrogens with one attached hydrogen (secondary N) is 1. The first-order chi connectivity index (χ1) is 12.3. The Bertz CT molecular complexity index is 882. The normalized spacial score (nSPS) is 18.0. The summed E-state index contributed by atoms with van der Waals surface area (Å²) in [6.07, 6.45) is 2.36. The number of amides is 1. The maximum absolute atomic E-state index is 12.5. The van der Waals surface area contributed by atoms with Crippen molar-refractivity contribution in [1.82, 2.24) is 24.9 Å². The molecule has 0 bridgehead atoms. The van der Waals surface area contributed by atoms with Gasteiger partial charge in [0.05, 0.1) is 12.2 Å². The number of nitrogens with zero attached hydrogens (tertiary/aromatic N) is 4. The van der Waals surface area contributed by atoms with Gasteiger partial charge < -0.3 is 4.90 Å². The van der Waals surface area contributed by atoms with E-state index in [9.17, 15) is 9.59 Å². The van der Waals surface area contributed by atoms with E-state index < -0.39 is 0 Å². The van der Waals surface area contributed by atoms with E-state index in [1.807, 2.05) is 6.07 Å². The minimum absolute atomic E-state index is 0.0341. The van der Waals surface area contributed by atoms with E-state index in [0.29, 0.717) is 31.2 Å². The Hall–Kier alpha value is -2.44. The van der Waals surface area contributed by atoms with Gasteiger partial charge in [-0.05, 0) is 25.0 Å². The molecule has 7 heteroatoms. The fraction of sp³-hybridized carbons (Fsp3) is 0.579. The van der Waals surface area contributed by atoms with E-state index in [0.717, 1.165) is 11.4 Å². The van der Waals surface area contributed by atoms with Gasteiger partial charge in [-0.1, -0.05) is 20.8 Å². The molecule has 1 saturated carbocycles. The van der Waals surface area contributed by atoms with Gasteiger partial charge >= 0.3 is 0 Å². The number of aromatic amines is 1. The van der Waals surface area contributed by atoms with Gasteiger partial charge in [-0.2, -0.15) is 10.2 Å². The Morgan fingerprint density at radius 1 is 1.27 bits per heavy atom. The van der Waals surface area contributed by atoms with Crippen LogP contribution in [0.4, 0.5) is 0 Å². The second kappa shape index (κ2) is 6.07. The molecule has 1 aliphatic carbocycles. The third kappa shape index (κ3) is 3.30. The summed E-state index contributed by atoms with van der Waals surface area (Å²) in [4.78, 5) is 26.4. The van der Waals surface area contributed by atoms with Crippen LogP contribution in [0.5, 0.6) is 0 Å². The number of aromatic nitrogens is 4. The molecule has 1 amide bonds. The number of rotatable bonds is 4. The predicted octanol–water partition coefficient (Wildman–Crippen LogP) is 1.91. The van der Waals surface area contributed by atoms with Crippen molar-refractivity contribution in [1.29, 1.82) is 0 Å². The minimum atomic E-state index is -0.101. The van der Waals surface area contributed by atoms with Crippen LogP contribution in [0.25, 0.3) is 0 Å². The lowest BCUT2D eigenvalue weighted by atomic mass is 9.92. The molecule has 2 aromatic rings. The number of likely N-dealkylation sites (tertiary alicyclic amines) is 1. The van der Waals surface area contributed by atoms with Crippen molar-refractivity contribution >= 4 is 5.91 Å². The minimum Gasteiger partial charge on any atom is -0.336 e. The Labute approximate surface area is 152 Å². The van der Waals surface area contributed by atoms with Crippen molar-refractivity contribution in [3.05, 3.63) is 45.6 Å². The molecule has 1 N–H and O–H groups in total. The van der Waals surface area contributed by atoms with Crippen LogP contribution >= 0.6 is 0 Å². The average Bonchev–Trinajstić information content (AvgIpc) is 3.27. The average molecular weight is 355 g/mol. The summed E-state index contributed by atoms with van der Waals surface area (Å²) in [5.41, 5.74) is 2.27. The smallest absolute Gasteiger partial charge is 0.274 e. The quantitative estimate of drug-likeness (QED) is 0.908. The second-order valence-electron chi connectivity index (χ2n) is 8.55. The molecule has 1 saturated heterocycles. The van der Waals surface area contributed by atoms with Gasteiger partial charge in [0.25, 0.3) is 11.5 Å². The molecule has 0 spiro atoms. The lowest BCUT2D eigenvalue weighted by Gasteiger charge is -2.38. The van der Waals surface area contributed by atoms with Crippen LogP contribution < -0.4 is 5.56 Å². The molecule has 0 radical (unpaired) electrons. The third-order valence-electron chi connectivity index (χ3n) is 5.14. The van der Waals surface area contributed by atoms with Gasteiger partial charge in [0.15, 0.2) is 0 Å². The predicted molar refractivity (Wildman–Crippen MR) is 97.2 cm³/mol. The first-order valence-corrected chi connectivity index (χ1v) is 9.24. The standard InChI is InChI=1S/C19H25N5O2/c1-19(2,3)16-6-7-17(25)24(22-16)11-12-9-23(10-12)18(26)15-8-14(20-21-15)13-4-5-13/h6-8,12-13H,4-5,9-11H2,1-3H3,(H,20,21). The van der Waals surface area contributed by atoms with E-state index >= 15 is 0 Å². The number of hydrogen-bond donors (Lipinski definition) is 1. The monoisotopic (exact) mass is 355 g/mol. The zero-order chi connectivity index (χ0) is 18.5. The Morgan fingerprint density at radius 3 is 2.65 bits per heavy atom. The van der Waals surface area contributed by atoms with Gasteiger partial charge in [-0.15, -0.1) is 0 Å². The number of hydrogen-bond acceptors (Lipinski definition) is 4. The van der Waals surface area contributed by atoms with E-state index in [1.54, 1.807) is 17.0 Å². The summed E-state index contributed by atoms with van der Waals surface area (Å²) in [5, 5.41) is 11.6. The molecule has 138 valence electrons. The first-order valence-electron chi connectivity index (χ1n) is 9.24. The van der Waals surface area contributed by atoms with Crippen LogP contribution in [0.2, 0.25) is 0 Å². The van der Waals surface area contributed by atoms with Gasteiger partial charge in [-0.25, -0.2) is 4.68 Å². The highest BCUT2D eigenvalue weighted by Gasteiger charge is 2.34. The zero-order valence-electron chi connectivity index (χ0n) is 15.5. The third-order valence-corrected chi connectivity index (χ3v) is 5.14. The molecule has 26 heavy (non-hydrogen) atoms. The van der Waals surface area contributed by atoms with Crippen molar-refractivity contribution in [2.24, 2.45) is 5.92 Å². The molecule has 0 aromatic carbocycles. The zero-order valence-corrected chi connectivity index (χ0v) is 15.5. The summed E-state index contributed by atoms with van der Waals surface area (Å²) < 4.78 is 1.53. The van der Waals surface area contributed by atoms with Crippen LogP contribution in [0, 0.1) is 5.92 Å². The van der Waals surface area contributed by atoms with E-state index in [2.05, 4.69) is 36.1 Å². The topological polar surface area (TPSA) is 83.9 Å². The molecule has 2 aromatic heterocycles. The highest BCUT2D eigenvalue weighted by molar-refractivity contribution is 5.93. The molecular formula is C19H25N5O2. The highest BCUT2D eigenvalue weighted by atomic mass is 16.2. The van der Waals surface area contributed by atoms with Crippen molar-refractivity contribution in [3.63, 3.8) is 0 Å². The van der Waals surface area contributed by atoms with Crippen LogP contribution in [-0.2, 0) is 12.0 Å². The van der Waals surface area contributed by atoms with Crippen LogP contribution in [0.1, 0.15) is 61.4 Å². The summed E-state index contributed by atoms with van der Waals surface area (Å²) >= 11 is 0. The fourth-order valence-corrected chi connectivity index (χ4v) is 3.29. The maximum Gasteiger partial charge on any atom is 0.274 e. The van der Waals surface area contributed by atoms with Gasteiger partial charge in [-0.3, -0.25) is 14.7 Å². The second-order valence-corrected chi connectivity index (χ2v) is 8.55. The number of H-pyrrole nitrogens is 1. The van der Waals surface area contributed by atoms with E-state index in [4.69, 9.17) is 0 Å². The van der Waals surface area contributed by atoms with Gasteiger partial charge in [0.1, 0.15) is 5.69 Å². The summed E-state index contributed by atoms with van der Waals surface area (Å²) in [6, 6.07) is 5.26. The van der Waals surface area contributed by atoms with Gasteiger partial charge in [0, 0.05) is 42.1 Å². The Balaban J connectivity index is 1.37. The largest absolute Gasteiger partial charge is 0.336 e. The van der Waals surface area contributed by atoms with Crippen molar-refractivity contribution < 1.29 is 4.79 Å². The molecule has 2 aliphatic rings. The first kappa shape index (κ1) is 17.0. The highest BCUT2D eigenvalue weighted by Crippen LogP contribution is 2.39. The van der Waals surface area contributed by atoms with Crippen molar-refractivity contribution in [2.75, 3.05) is 13.1 Å². The molecule has 1 aliphatic heterocycles. The van der Waals surface area contributed by atoms with E-state index in [1.165, 1.54) is 17.5 Å². The molecule has 2 fully saturated rings. The molecule has 0 atom stereocenters. The van der Waals surface area contributed by atoms with E-state index in [-0.39, 0.29) is 22.8 Å². The maximum atomic E-state index is 12.5. The number of carbonyl (C=O) groups excluding carboxylic acids is 1. The molecule has 3 heterocycles. The Morgan fingerprint density at radius 2 is 2.00 bits per heavy atom. The van der Waals surface area contributed by atoms with Crippen LogP contribution in [0.15, 0.2) is 23.0 Å². The van der Waals surface area contributed by atoms with Crippen molar-refractivity contribution in [2.45, 2.75) is 51.5 Å². The molecule has 7 nitrogen and oxygen atoms in total. The SMILES string of the molecule is CC(C)(C)c1ccc(=O)n(CC2CN(C(=O)c3cc(C4CC4)[nH]n3)C2)n1. The molecular weight excluding hydrogens is 330 g/mol. The Kier molecular flexibility index (Phi) is 3.97. The summed E-state index contributed by atoms with van der Waals surface area (Å²) in [5.74, 6) is 0.774. The summed E-state index contributed by atoms with van der Waals surface area (Å²) in [6.45, 7) is 8.05. The lowest BCUT2D eigenvalue weighted by molar-refractivity contribution is 0.0451. The van der Waals surface area contributed by atoms with Crippen LogP contribution in [-0.4, -0.2) is 43.9 Å². The number of carbonyl (C=O) groups is 1. The van der Waals surface area contributed by atoms with Crippen molar-refractivity contribution in [3.8, 4) is 0 Å². The van der Waals surface area contributed by atoms with Gasteiger partial charge in [0.2, 0.25) is 0 Å². The van der Waals surface area contributed by atoms with Crippen LogP contribution in [0.3, 0.4) is 0 Å². The molecule has 4 rings (SSSR count). The lowest BCUT2D eigenvalue weighted by Crippen LogP contribution is -2.52. The fourth-order valence-electron chi connectivity index (χ4n) is 3.29.